The van der Waals surface area contributed by atoms with Crippen molar-refractivity contribution < 1.29 is 9.59 Å². The molecule has 5 nitrogen and oxygen atoms in total. The summed E-state index contributed by atoms with van der Waals surface area (Å²) in [6.07, 6.45) is 0.872. The highest BCUT2D eigenvalue weighted by Gasteiger charge is 2.19. The molecule has 0 radical (unpaired) electrons. The predicted octanol–water partition coefficient (Wildman–Crippen LogP) is 2.16. The smallest absolute Gasteiger partial charge is 0.253 e. The molecular weight excluding hydrogens is 290 g/mol. The Labute approximate surface area is 139 Å². The Bertz CT molecular complexity index is 510. The molecule has 5 heteroatoms. The van der Waals surface area contributed by atoms with Crippen LogP contribution in [0.15, 0.2) is 24.3 Å². The third kappa shape index (κ3) is 5.36. The lowest BCUT2D eigenvalue weighted by molar-refractivity contribution is -0.123. The van der Waals surface area contributed by atoms with Gasteiger partial charge in [-0.25, -0.2) is 0 Å². The van der Waals surface area contributed by atoms with Gasteiger partial charge in [0.25, 0.3) is 5.91 Å². The Balaban J connectivity index is 2.61. The second-order valence-corrected chi connectivity index (χ2v) is 5.80. The molecule has 0 aliphatic heterocycles. The number of nitrogens with two attached hydrogens (primary N) is 1. The van der Waals surface area contributed by atoms with Crippen LogP contribution in [0.25, 0.3) is 0 Å². The summed E-state index contributed by atoms with van der Waals surface area (Å²) in [7, 11) is 0. The summed E-state index contributed by atoms with van der Waals surface area (Å²) in [5, 5.41) is 2.85. The number of benzene rings is 1. The van der Waals surface area contributed by atoms with Crippen molar-refractivity contribution in [1.82, 2.24) is 10.2 Å². The van der Waals surface area contributed by atoms with Gasteiger partial charge in [-0.3, -0.25) is 9.59 Å². The summed E-state index contributed by atoms with van der Waals surface area (Å²) in [5.74, 6) is 0.0519. The maximum atomic E-state index is 12.2. The molecule has 0 aliphatic rings. The van der Waals surface area contributed by atoms with Crippen molar-refractivity contribution in [3.05, 3.63) is 35.4 Å². The van der Waals surface area contributed by atoms with Crippen LogP contribution >= 0.6 is 0 Å². The van der Waals surface area contributed by atoms with Crippen LogP contribution in [0.3, 0.4) is 0 Å². The number of amides is 2. The third-order valence-corrected chi connectivity index (χ3v) is 4.28. The number of carbonyl (C=O) groups is 2. The molecule has 1 rings (SSSR count). The van der Waals surface area contributed by atoms with Gasteiger partial charge in [0.2, 0.25) is 5.91 Å². The van der Waals surface area contributed by atoms with Gasteiger partial charge in [-0.15, -0.1) is 0 Å². The van der Waals surface area contributed by atoms with Gasteiger partial charge >= 0.3 is 0 Å². The van der Waals surface area contributed by atoms with E-state index in [1.807, 2.05) is 39.8 Å². The first kappa shape index (κ1) is 19.2. The highest BCUT2D eigenvalue weighted by atomic mass is 16.2. The molecule has 1 aromatic rings. The van der Waals surface area contributed by atoms with E-state index >= 15 is 0 Å². The first-order valence-electron chi connectivity index (χ1n) is 8.36. The summed E-state index contributed by atoms with van der Waals surface area (Å²) in [5.41, 5.74) is 7.52. The number of nitrogens with one attached hydrogen (secondary N) is 1. The Morgan fingerprint density at radius 2 is 1.70 bits per heavy atom. The normalized spacial score (nSPS) is 13.3. The molecule has 0 aromatic heterocycles. The summed E-state index contributed by atoms with van der Waals surface area (Å²) in [6, 6.07) is 6.86. The van der Waals surface area contributed by atoms with Crippen LogP contribution < -0.4 is 11.1 Å². The van der Waals surface area contributed by atoms with Gasteiger partial charge in [-0.1, -0.05) is 32.4 Å². The summed E-state index contributed by atoms with van der Waals surface area (Å²) < 4.78 is 0. The van der Waals surface area contributed by atoms with E-state index in [9.17, 15) is 9.59 Å². The summed E-state index contributed by atoms with van der Waals surface area (Å²) >= 11 is 0. The van der Waals surface area contributed by atoms with Crippen LogP contribution in [0.1, 0.15) is 50.0 Å². The zero-order chi connectivity index (χ0) is 17.4. The van der Waals surface area contributed by atoms with Gasteiger partial charge in [-0.05, 0) is 37.5 Å². The minimum atomic E-state index is -0.483. The number of rotatable bonds is 8. The molecule has 128 valence electrons. The van der Waals surface area contributed by atoms with Gasteiger partial charge in [0.15, 0.2) is 0 Å². The van der Waals surface area contributed by atoms with Gasteiger partial charge in [0, 0.05) is 25.2 Å². The van der Waals surface area contributed by atoms with Gasteiger partial charge in [0.1, 0.15) is 0 Å². The van der Waals surface area contributed by atoms with Crippen molar-refractivity contribution in [3.63, 3.8) is 0 Å². The van der Waals surface area contributed by atoms with Crippen molar-refractivity contribution in [1.29, 1.82) is 0 Å². The fourth-order valence-electron chi connectivity index (χ4n) is 2.28. The Kier molecular flexibility index (Phi) is 7.75. The van der Waals surface area contributed by atoms with E-state index in [1.54, 1.807) is 17.0 Å². The van der Waals surface area contributed by atoms with Gasteiger partial charge < -0.3 is 16.0 Å². The second kappa shape index (κ2) is 9.30. The number of nitrogens with zero attached hydrogens (tertiary/aromatic N) is 1. The Hall–Kier alpha value is -1.88. The maximum Gasteiger partial charge on any atom is 0.253 e. The van der Waals surface area contributed by atoms with Crippen molar-refractivity contribution >= 4 is 11.8 Å². The van der Waals surface area contributed by atoms with E-state index in [-0.39, 0.29) is 17.7 Å². The molecule has 2 unspecified atom stereocenters. The minimum absolute atomic E-state index is 0.0318. The molecule has 0 spiro atoms. The highest BCUT2D eigenvalue weighted by molar-refractivity contribution is 5.94. The molecule has 0 aliphatic carbocycles. The lowest BCUT2D eigenvalue weighted by Crippen LogP contribution is -2.44. The van der Waals surface area contributed by atoms with Crippen molar-refractivity contribution in [3.8, 4) is 0 Å². The minimum Gasteiger partial charge on any atom is -0.351 e. The molecule has 3 N–H and O–H groups in total. The first-order valence-corrected chi connectivity index (χ1v) is 8.36. The number of carbonyl (C=O) groups excluding carboxylic acids is 2. The Morgan fingerprint density at radius 1 is 1.13 bits per heavy atom. The molecule has 2 atom stereocenters. The predicted molar refractivity (Wildman–Crippen MR) is 93.0 cm³/mol. The van der Waals surface area contributed by atoms with E-state index in [0.29, 0.717) is 25.2 Å². The molecule has 0 fully saturated rings. The SMILES string of the molecule is CCC(C)C(N)C(=O)NCc1ccc(C(=O)N(CC)CC)cc1. The van der Waals surface area contributed by atoms with Gasteiger partial charge in [0.05, 0.1) is 6.04 Å². The topological polar surface area (TPSA) is 75.4 Å². The molecule has 0 bridgehead atoms. The van der Waals surface area contributed by atoms with Gasteiger partial charge in [-0.2, -0.15) is 0 Å². The zero-order valence-electron chi connectivity index (χ0n) is 14.6. The summed E-state index contributed by atoms with van der Waals surface area (Å²) in [4.78, 5) is 26.0. The molecule has 2 amide bonds. The lowest BCUT2D eigenvalue weighted by atomic mass is 9.99. The Morgan fingerprint density at radius 3 is 2.17 bits per heavy atom. The second-order valence-electron chi connectivity index (χ2n) is 5.80. The van der Waals surface area contributed by atoms with E-state index in [2.05, 4.69) is 5.32 Å². The quantitative estimate of drug-likeness (QED) is 0.771. The largest absolute Gasteiger partial charge is 0.351 e. The van der Waals surface area contributed by atoms with Crippen LogP contribution in [-0.4, -0.2) is 35.8 Å². The van der Waals surface area contributed by atoms with Crippen LogP contribution in [0.4, 0.5) is 0 Å². The number of hydrogen-bond donors (Lipinski definition) is 2. The number of hydrogen-bond acceptors (Lipinski definition) is 3. The molecular formula is C18H29N3O2. The first-order chi connectivity index (χ1) is 10.9. The fourth-order valence-corrected chi connectivity index (χ4v) is 2.28. The van der Waals surface area contributed by atoms with Crippen molar-refractivity contribution in [2.24, 2.45) is 11.7 Å². The van der Waals surface area contributed by atoms with Crippen LogP contribution in [0.2, 0.25) is 0 Å². The van der Waals surface area contributed by atoms with Crippen LogP contribution in [0, 0.1) is 5.92 Å². The van der Waals surface area contributed by atoms with E-state index in [4.69, 9.17) is 5.73 Å². The lowest BCUT2D eigenvalue weighted by Gasteiger charge is -2.19. The maximum absolute atomic E-state index is 12.2. The fraction of sp³-hybridized carbons (Fsp3) is 0.556. The molecule has 23 heavy (non-hydrogen) atoms. The molecule has 0 saturated heterocycles. The van der Waals surface area contributed by atoms with Crippen LogP contribution in [-0.2, 0) is 11.3 Å². The van der Waals surface area contributed by atoms with E-state index < -0.39 is 6.04 Å². The average molecular weight is 319 g/mol. The molecule has 0 saturated carbocycles. The zero-order valence-corrected chi connectivity index (χ0v) is 14.6. The van der Waals surface area contributed by atoms with E-state index in [0.717, 1.165) is 12.0 Å². The molecule has 1 aromatic carbocycles. The standard InChI is InChI=1S/C18H29N3O2/c1-5-13(4)16(19)17(22)20-12-14-8-10-15(11-9-14)18(23)21(6-2)7-3/h8-11,13,16H,5-7,12,19H2,1-4H3,(H,20,22). The average Bonchev–Trinajstić information content (AvgIpc) is 2.59. The van der Waals surface area contributed by atoms with E-state index in [1.165, 1.54) is 0 Å². The molecule has 0 heterocycles. The highest BCUT2D eigenvalue weighted by Crippen LogP contribution is 2.09. The van der Waals surface area contributed by atoms with Crippen LogP contribution in [0.5, 0.6) is 0 Å². The third-order valence-electron chi connectivity index (χ3n) is 4.28. The monoisotopic (exact) mass is 319 g/mol. The van der Waals surface area contributed by atoms with Crippen molar-refractivity contribution in [2.75, 3.05) is 13.1 Å². The van der Waals surface area contributed by atoms with Crippen molar-refractivity contribution in [2.45, 2.75) is 46.7 Å². The summed E-state index contributed by atoms with van der Waals surface area (Å²) in [6.45, 7) is 9.73.